The van der Waals surface area contributed by atoms with E-state index in [4.69, 9.17) is 11.6 Å². The summed E-state index contributed by atoms with van der Waals surface area (Å²) in [4.78, 5) is 19.8. The number of halogens is 1. The minimum atomic E-state index is -0.155. The van der Waals surface area contributed by atoms with Crippen LogP contribution in [0.4, 0.5) is 11.4 Å². The fraction of sp³-hybridized carbons (Fsp3) is 0.158. The van der Waals surface area contributed by atoms with Crippen molar-refractivity contribution in [3.05, 3.63) is 64.1 Å². The number of aryl methyl sites for hydroxylation is 1. The minimum absolute atomic E-state index is 0.155. The van der Waals surface area contributed by atoms with E-state index in [1.54, 1.807) is 0 Å². The lowest BCUT2D eigenvalue weighted by Crippen LogP contribution is -2.16. The Morgan fingerprint density at radius 3 is 2.64 bits per heavy atom. The first-order chi connectivity index (χ1) is 12.0. The fourth-order valence-electron chi connectivity index (χ4n) is 2.50. The molecule has 0 saturated carbocycles. The van der Waals surface area contributed by atoms with E-state index in [0.29, 0.717) is 15.6 Å². The third-order valence-corrected chi connectivity index (χ3v) is 5.15. The summed E-state index contributed by atoms with van der Waals surface area (Å²) in [6, 6.07) is 15.2. The third-order valence-electron chi connectivity index (χ3n) is 3.71. The first-order valence-electron chi connectivity index (χ1n) is 7.77. The number of nitrogens with one attached hydrogen (secondary N) is 1. The van der Waals surface area contributed by atoms with Gasteiger partial charge in [0.15, 0.2) is 0 Å². The van der Waals surface area contributed by atoms with Gasteiger partial charge in [-0.2, -0.15) is 0 Å². The predicted molar refractivity (Wildman–Crippen MR) is 106 cm³/mol. The smallest absolute Gasteiger partial charge is 0.267 e. The normalized spacial score (nSPS) is 10.6. The van der Waals surface area contributed by atoms with Gasteiger partial charge in [0.25, 0.3) is 5.91 Å². The Hall–Kier alpha value is -2.37. The molecule has 3 aromatic rings. The lowest BCUT2D eigenvalue weighted by atomic mass is 10.2. The van der Waals surface area contributed by atoms with E-state index in [9.17, 15) is 4.79 Å². The van der Waals surface area contributed by atoms with Crippen LogP contribution in [0.5, 0.6) is 0 Å². The monoisotopic (exact) mass is 371 g/mol. The minimum Gasteiger partial charge on any atom is -0.376 e. The standard InChI is InChI=1S/C19H18ClN3OS/c1-12-17(25-19(21-12)13-7-6-8-14(20)11-13)18(24)22-15-9-4-5-10-16(15)23(2)3/h4-11H,1-3H3,(H,22,24). The van der Waals surface area contributed by atoms with Gasteiger partial charge in [0, 0.05) is 24.7 Å². The number of carbonyl (C=O) groups excluding carboxylic acids is 1. The molecular formula is C19H18ClN3OS. The summed E-state index contributed by atoms with van der Waals surface area (Å²) >= 11 is 7.42. The average molecular weight is 372 g/mol. The van der Waals surface area contributed by atoms with E-state index < -0.39 is 0 Å². The van der Waals surface area contributed by atoms with Gasteiger partial charge in [-0.15, -0.1) is 11.3 Å². The van der Waals surface area contributed by atoms with Gasteiger partial charge in [0.05, 0.1) is 17.1 Å². The van der Waals surface area contributed by atoms with Gasteiger partial charge in [0.2, 0.25) is 0 Å². The third kappa shape index (κ3) is 3.83. The molecule has 0 spiro atoms. The Labute approximate surface area is 156 Å². The second-order valence-corrected chi connectivity index (χ2v) is 7.25. The predicted octanol–water partition coefficient (Wildman–Crippen LogP) is 5.09. The van der Waals surface area contributed by atoms with Crippen molar-refractivity contribution >= 4 is 40.2 Å². The van der Waals surface area contributed by atoms with Crippen molar-refractivity contribution in [1.29, 1.82) is 0 Å². The molecule has 1 amide bonds. The van der Waals surface area contributed by atoms with E-state index in [1.807, 2.05) is 74.4 Å². The van der Waals surface area contributed by atoms with Gasteiger partial charge < -0.3 is 10.2 Å². The summed E-state index contributed by atoms with van der Waals surface area (Å²) in [6.45, 7) is 1.84. The highest BCUT2D eigenvalue weighted by molar-refractivity contribution is 7.17. The Morgan fingerprint density at radius 1 is 1.16 bits per heavy atom. The molecule has 0 aliphatic rings. The molecule has 1 heterocycles. The number of rotatable bonds is 4. The van der Waals surface area contributed by atoms with Gasteiger partial charge in [-0.1, -0.05) is 35.9 Å². The quantitative estimate of drug-likeness (QED) is 0.694. The lowest BCUT2D eigenvalue weighted by molar-refractivity contribution is 0.103. The number of hydrogen-bond donors (Lipinski definition) is 1. The van der Waals surface area contributed by atoms with Crippen molar-refractivity contribution in [2.75, 3.05) is 24.3 Å². The second kappa shape index (κ2) is 7.25. The lowest BCUT2D eigenvalue weighted by Gasteiger charge is -2.17. The molecule has 0 saturated heterocycles. The van der Waals surface area contributed by atoms with Crippen LogP contribution in [0.1, 0.15) is 15.4 Å². The maximum atomic E-state index is 12.7. The number of nitrogens with zero attached hydrogens (tertiary/aromatic N) is 2. The number of aromatic nitrogens is 1. The molecule has 128 valence electrons. The molecule has 3 rings (SSSR count). The molecule has 6 heteroatoms. The number of thiazole rings is 1. The highest BCUT2D eigenvalue weighted by atomic mass is 35.5. The zero-order valence-corrected chi connectivity index (χ0v) is 15.8. The van der Waals surface area contributed by atoms with Crippen molar-refractivity contribution in [3.8, 4) is 10.6 Å². The van der Waals surface area contributed by atoms with E-state index in [0.717, 1.165) is 21.9 Å². The molecule has 4 nitrogen and oxygen atoms in total. The van der Waals surface area contributed by atoms with E-state index in [1.165, 1.54) is 11.3 Å². The summed E-state index contributed by atoms with van der Waals surface area (Å²) in [7, 11) is 3.89. The van der Waals surface area contributed by atoms with Crippen LogP contribution in [0.2, 0.25) is 5.02 Å². The molecule has 1 N–H and O–H groups in total. The maximum Gasteiger partial charge on any atom is 0.267 e. The summed E-state index contributed by atoms with van der Waals surface area (Å²) < 4.78 is 0. The summed E-state index contributed by atoms with van der Waals surface area (Å²) in [6.07, 6.45) is 0. The van der Waals surface area contributed by atoms with Crippen LogP contribution in [0, 0.1) is 6.92 Å². The van der Waals surface area contributed by atoms with E-state index in [2.05, 4.69) is 10.3 Å². The van der Waals surface area contributed by atoms with Crippen LogP contribution in [0.25, 0.3) is 10.6 Å². The van der Waals surface area contributed by atoms with Gasteiger partial charge in [-0.05, 0) is 31.2 Å². The Morgan fingerprint density at radius 2 is 1.92 bits per heavy atom. The van der Waals surface area contributed by atoms with Crippen molar-refractivity contribution in [2.24, 2.45) is 0 Å². The highest BCUT2D eigenvalue weighted by Crippen LogP contribution is 2.31. The number of amides is 1. The molecule has 0 bridgehead atoms. The number of hydrogen-bond acceptors (Lipinski definition) is 4. The van der Waals surface area contributed by atoms with Crippen LogP contribution in [-0.2, 0) is 0 Å². The van der Waals surface area contributed by atoms with Gasteiger partial charge in [-0.25, -0.2) is 4.98 Å². The summed E-state index contributed by atoms with van der Waals surface area (Å²) in [5.74, 6) is -0.155. The molecule has 0 atom stereocenters. The van der Waals surface area contributed by atoms with E-state index in [-0.39, 0.29) is 5.91 Å². The van der Waals surface area contributed by atoms with Crippen LogP contribution >= 0.6 is 22.9 Å². The largest absolute Gasteiger partial charge is 0.376 e. The fourth-order valence-corrected chi connectivity index (χ4v) is 3.65. The first-order valence-corrected chi connectivity index (χ1v) is 8.96. The average Bonchev–Trinajstić information content (AvgIpc) is 2.97. The molecule has 0 unspecified atom stereocenters. The van der Waals surface area contributed by atoms with Crippen LogP contribution < -0.4 is 10.2 Å². The van der Waals surface area contributed by atoms with Crippen LogP contribution in [-0.4, -0.2) is 25.0 Å². The SMILES string of the molecule is Cc1nc(-c2cccc(Cl)c2)sc1C(=O)Nc1ccccc1N(C)C. The molecule has 25 heavy (non-hydrogen) atoms. The number of anilines is 2. The topological polar surface area (TPSA) is 45.2 Å². The Kier molecular flexibility index (Phi) is 5.06. The van der Waals surface area contributed by atoms with Gasteiger partial charge in [-0.3, -0.25) is 4.79 Å². The molecular weight excluding hydrogens is 354 g/mol. The first kappa shape index (κ1) is 17.5. The molecule has 0 aliphatic carbocycles. The van der Waals surface area contributed by atoms with E-state index >= 15 is 0 Å². The zero-order valence-electron chi connectivity index (χ0n) is 14.2. The Balaban J connectivity index is 1.89. The zero-order chi connectivity index (χ0) is 18.0. The number of para-hydroxylation sites is 2. The van der Waals surface area contributed by atoms with Gasteiger partial charge >= 0.3 is 0 Å². The maximum absolute atomic E-state index is 12.7. The Bertz CT molecular complexity index is 921. The van der Waals surface area contributed by atoms with Crippen LogP contribution in [0.3, 0.4) is 0 Å². The molecule has 1 aromatic heterocycles. The van der Waals surface area contributed by atoms with Crippen molar-refractivity contribution < 1.29 is 4.79 Å². The van der Waals surface area contributed by atoms with Crippen molar-refractivity contribution in [2.45, 2.75) is 6.92 Å². The highest BCUT2D eigenvalue weighted by Gasteiger charge is 2.18. The van der Waals surface area contributed by atoms with Crippen molar-refractivity contribution in [3.63, 3.8) is 0 Å². The number of benzene rings is 2. The molecule has 0 fully saturated rings. The molecule has 0 radical (unpaired) electrons. The summed E-state index contributed by atoms with van der Waals surface area (Å²) in [5, 5.41) is 4.42. The summed E-state index contributed by atoms with van der Waals surface area (Å²) in [5.41, 5.74) is 3.34. The molecule has 2 aromatic carbocycles. The van der Waals surface area contributed by atoms with Crippen molar-refractivity contribution in [1.82, 2.24) is 4.98 Å². The second-order valence-electron chi connectivity index (χ2n) is 5.81. The molecule has 0 aliphatic heterocycles. The van der Waals surface area contributed by atoms with Gasteiger partial charge in [0.1, 0.15) is 9.88 Å². The van der Waals surface area contributed by atoms with Crippen LogP contribution in [0.15, 0.2) is 48.5 Å². The number of carbonyl (C=O) groups is 1.